The van der Waals surface area contributed by atoms with Crippen molar-refractivity contribution in [3.8, 4) is 11.5 Å². The number of benzene rings is 2. The van der Waals surface area contributed by atoms with Crippen LogP contribution in [0.5, 0.6) is 11.5 Å². The predicted molar refractivity (Wildman–Crippen MR) is 82.5 cm³/mol. The van der Waals surface area contributed by atoms with E-state index >= 15 is 0 Å². The SMILES string of the molecule is COc1ccc(B(O)Oc2ccc(Cl)cc2B(O)O)c(F)c1. The van der Waals surface area contributed by atoms with Crippen LogP contribution in [0.2, 0.25) is 5.02 Å². The van der Waals surface area contributed by atoms with Gasteiger partial charge in [-0.1, -0.05) is 17.7 Å². The standard InChI is InChI=1S/C13H12B2ClFO5/c1-21-9-3-4-10(12(17)7-9)15(20)22-13-5-2-8(16)6-11(13)14(18)19/h2-7,18-20H,1H3. The van der Waals surface area contributed by atoms with Crippen LogP contribution in [0.15, 0.2) is 36.4 Å². The molecule has 0 unspecified atom stereocenters. The molecule has 0 saturated carbocycles. The van der Waals surface area contributed by atoms with Gasteiger partial charge in [-0.2, -0.15) is 0 Å². The second-order valence-corrected chi connectivity index (χ2v) is 4.85. The van der Waals surface area contributed by atoms with Crippen molar-refractivity contribution in [2.75, 3.05) is 7.11 Å². The molecule has 2 aromatic carbocycles. The Balaban J connectivity index is 2.27. The summed E-state index contributed by atoms with van der Waals surface area (Å²) >= 11 is 5.76. The van der Waals surface area contributed by atoms with Crippen molar-refractivity contribution in [1.82, 2.24) is 0 Å². The fourth-order valence-electron chi connectivity index (χ4n) is 1.85. The molecule has 9 heteroatoms. The van der Waals surface area contributed by atoms with Crippen LogP contribution in [0.4, 0.5) is 4.39 Å². The molecule has 3 N–H and O–H groups in total. The van der Waals surface area contributed by atoms with Crippen molar-refractivity contribution in [3.05, 3.63) is 47.2 Å². The Hall–Kier alpha value is -1.73. The van der Waals surface area contributed by atoms with Gasteiger partial charge in [-0.3, -0.25) is 0 Å². The van der Waals surface area contributed by atoms with Crippen LogP contribution in [0, 0.1) is 5.82 Å². The minimum atomic E-state index is -1.85. The van der Waals surface area contributed by atoms with Crippen LogP contribution in [0.25, 0.3) is 0 Å². The third kappa shape index (κ3) is 3.72. The molecule has 0 atom stereocenters. The molecule has 0 radical (unpaired) electrons. The number of hydrogen-bond acceptors (Lipinski definition) is 5. The molecule has 0 amide bonds. The molecule has 0 aromatic heterocycles. The summed E-state index contributed by atoms with van der Waals surface area (Å²) in [5.41, 5.74) is -0.158. The number of ether oxygens (including phenoxy) is 1. The zero-order valence-electron chi connectivity index (χ0n) is 11.5. The average molecular weight is 324 g/mol. The second-order valence-electron chi connectivity index (χ2n) is 4.41. The minimum Gasteiger partial charge on any atom is -0.533 e. The molecule has 0 aliphatic heterocycles. The molecular formula is C13H12B2ClFO5. The second kappa shape index (κ2) is 7.02. The highest BCUT2D eigenvalue weighted by Crippen LogP contribution is 2.16. The van der Waals surface area contributed by atoms with E-state index in [1.165, 1.54) is 37.4 Å². The third-order valence-electron chi connectivity index (χ3n) is 2.96. The highest BCUT2D eigenvalue weighted by Gasteiger charge is 2.26. The highest BCUT2D eigenvalue weighted by molar-refractivity contribution is 6.63. The molecule has 0 spiro atoms. The fraction of sp³-hybridized carbons (Fsp3) is 0.0769. The first kappa shape index (κ1) is 16.6. The lowest BCUT2D eigenvalue weighted by atomic mass is 9.76. The Morgan fingerprint density at radius 3 is 2.36 bits per heavy atom. The van der Waals surface area contributed by atoms with E-state index in [0.717, 1.165) is 6.07 Å². The van der Waals surface area contributed by atoms with Crippen molar-refractivity contribution in [3.63, 3.8) is 0 Å². The largest absolute Gasteiger partial charge is 0.563 e. The van der Waals surface area contributed by atoms with Gasteiger partial charge in [0.2, 0.25) is 0 Å². The Morgan fingerprint density at radius 1 is 1.05 bits per heavy atom. The molecule has 0 bridgehead atoms. The van der Waals surface area contributed by atoms with Gasteiger partial charge in [0, 0.05) is 22.0 Å². The van der Waals surface area contributed by atoms with E-state index in [0.29, 0.717) is 5.75 Å². The van der Waals surface area contributed by atoms with Crippen LogP contribution in [-0.2, 0) is 0 Å². The molecule has 2 rings (SSSR count). The molecule has 2 aromatic rings. The van der Waals surface area contributed by atoms with E-state index in [9.17, 15) is 19.5 Å². The first-order valence-electron chi connectivity index (χ1n) is 6.26. The number of rotatable bonds is 5. The molecule has 0 heterocycles. The van der Waals surface area contributed by atoms with E-state index < -0.39 is 20.1 Å². The summed E-state index contributed by atoms with van der Waals surface area (Å²) in [4.78, 5) is 0. The van der Waals surface area contributed by atoms with Crippen LogP contribution < -0.4 is 20.3 Å². The molecule has 5 nitrogen and oxygen atoms in total. The lowest BCUT2D eigenvalue weighted by Gasteiger charge is -2.15. The van der Waals surface area contributed by atoms with Gasteiger partial charge >= 0.3 is 14.2 Å². The zero-order valence-corrected chi connectivity index (χ0v) is 12.3. The van der Waals surface area contributed by atoms with Crippen molar-refractivity contribution in [2.45, 2.75) is 0 Å². The Labute approximate surface area is 132 Å². The maximum atomic E-state index is 13.9. The fourth-order valence-corrected chi connectivity index (χ4v) is 2.03. The summed E-state index contributed by atoms with van der Waals surface area (Å²) in [5, 5.41) is 28.8. The summed E-state index contributed by atoms with van der Waals surface area (Å²) in [6.45, 7) is 0. The first-order chi connectivity index (χ1) is 10.4. The molecule has 0 fully saturated rings. The van der Waals surface area contributed by atoms with Crippen LogP contribution in [0.3, 0.4) is 0 Å². The van der Waals surface area contributed by atoms with E-state index in [2.05, 4.69) is 0 Å². The number of hydrogen-bond donors (Lipinski definition) is 3. The van der Waals surface area contributed by atoms with Gasteiger partial charge in [-0.25, -0.2) is 4.39 Å². The van der Waals surface area contributed by atoms with E-state index in [1.807, 2.05) is 0 Å². The lowest BCUT2D eigenvalue weighted by molar-refractivity contribution is 0.409. The Kier molecular flexibility index (Phi) is 5.31. The van der Waals surface area contributed by atoms with Crippen molar-refractivity contribution < 1.29 is 28.9 Å². The molecule has 22 heavy (non-hydrogen) atoms. The van der Waals surface area contributed by atoms with Gasteiger partial charge in [0.25, 0.3) is 0 Å². The van der Waals surface area contributed by atoms with E-state index in [-0.39, 0.29) is 21.7 Å². The van der Waals surface area contributed by atoms with Gasteiger partial charge in [0.1, 0.15) is 17.3 Å². The Bertz CT molecular complexity index is 671. The van der Waals surface area contributed by atoms with E-state index in [4.69, 9.17) is 21.0 Å². The lowest BCUT2D eigenvalue weighted by Crippen LogP contribution is -2.41. The smallest absolute Gasteiger partial charge is 0.533 e. The number of methoxy groups -OCH3 is 1. The minimum absolute atomic E-state index is 0.0258. The summed E-state index contributed by atoms with van der Waals surface area (Å²) in [7, 11) is -2.09. The van der Waals surface area contributed by atoms with Gasteiger partial charge in [0.15, 0.2) is 0 Å². The molecule has 0 saturated heterocycles. The summed E-state index contributed by atoms with van der Waals surface area (Å²) in [6.07, 6.45) is 0. The quantitative estimate of drug-likeness (QED) is 0.671. The van der Waals surface area contributed by atoms with Gasteiger partial charge in [-0.15, -0.1) is 0 Å². The van der Waals surface area contributed by atoms with E-state index in [1.54, 1.807) is 0 Å². The van der Waals surface area contributed by atoms with Crippen LogP contribution in [-0.4, -0.2) is 36.4 Å². The van der Waals surface area contributed by atoms with Crippen molar-refractivity contribution >= 4 is 36.8 Å². The maximum absolute atomic E-state index is 13.9. The zero-order chi connectivity index (χ0) is 16.3. The normalized spacial score (nSPS) is 10.3. The maximum Gasteiger partial charge on any atom is 0.563 e. The monoisotopic (exact) mass is 324 g/mol. The average Bonchev–Trinajstić information content (AvgIpc) is 2.48. The highest BCUT2D eigenvalue weighted by atomic mass is 35.5. The summed E-state index contributed by atoms with van der Waals surface area (Å²) in [6, 6.07) is 7.95. The predicted octanol–water partition coefficient (Wildman–Crippen LogP) is -0.0660. The van der Waals surface area contributed by atoms with Crippen LogP contribution >= 0.6 is 11.6 Å². The van der Waals surface area contributed by atoms with Gasteiger partial charge in [-0.05, 0) is 24.3 Å². The van der Waals surface area contributed by atoms with Crippen molar-refractivity contribution in [2.24, 2.45) is 0 Å². The van der Waals surface area contributed by atoms with Crippen molar-refractivity contribution in [1.29, 1.82) is 0 Å². The van der Waals surface area contributed by atoms with Gasteiger partial charge < -0.3 is 24.5 Å². The number of halogens is 2. The molecule has 114 valence electrons. The first-order valence-corrected chi connectivity index (χ1v) is 6.64. The molecule has 0 aliphatic carbocycles. The van der Waals surface area contributed by atoms with Crippen LogP contribution in [0.1, 0.15) is 0 Å². The summed E-state index contributed by atoms with van der Waals surface area (Å²) in [5.74, 6) is -0.444. The molecule has 0 aliphatic rings. The topological polar surface area (TPSA) is 79.2 Å². The Morgan fingerprint density at radius 2 is 1.77 bits per heavy atom. The van der Waals surface area contributed by atoms with Gasteiger partial charge in [0.05, 0.1) is 7.11 Å². The third-order valence-corrected chi connectivity index (χ3v) is 3.20. The summed E-state index contributed by atoms with van der Waals surface area (Å²) < 4.78 is 23.9. The molecular weight excluding hydrogens is 312 g/mol.